The SMILES string of the molecule is Cc1cccc(NC(=O)c2sccc2S(=O)(=O)N(C)c2ccc(F)cc2)c1. The van der Waals surface area contributed by atoms with Crippen LogP contribution in [0.5, 0.6) is 0 Å². The Morgan fingerprint density at radius 2 is 1.81 bits per heavy atom. The maximum atomic E-state index is 13.1. The fraction of sp³-hybridized carbons (Fsp3) is 0.105. The maximum Gasteiger partial charge on any atom is 0.267 e. The average molecular weight is 404 g/mol. The van der Waals surface area contributed by atoms with E-state index in [9.17, 15) is 17.6 Å². The fourth-order valence-corrected chi connectivity index (χ4v) is 5.00. The Morgan fingerprint density at radius 3 is 2.48 bits per heavy atom. The molecule has 27 heavy (non-hydrogen) atoms. The molecule has 1 aromatic heterocycles. The number of nitrogens with one attached hydrogen (secondary N) is 1. The van der Waals surface area contributed by atoms with Gasteiger partial charge in [0.1, 0.15) is 15.6 Å². The molecule has 0 saturated heterocycles. The van der Waals surface area contributed by atoms with Gasteiger partial charge in [-0.2, -0.15) is 0 Å². The first-order valence-electron chi connectivity index (χ1n) is 7.99. The Labute approximate surface area is 161 Å². The summed E-state index contributed by atoms with van der Waals surface area (Å²) in [6, 6.07) is 13.7. The third kappa shape index (κ3) is 4.01. The van der Waals surface area contributed by atoms with Crippen molar-refractivity contribution in [2.45, 2.75) is 11.8 Å². The highest BCUT2D eigenvalue weighted by Gasteiger charge is 2.28. The maximum absolute atomic E-state index is 13.1. The lowest BCUT2D eigenvalue weighted by molar-refractivity contribution is 0.102. The molecule has 0 spiro atoms. The smallest absolute Gasteiger partial charge is 0.267 e. The highest BCUT2D eigenvalue weighted by atomic mass is 32.2. The van der Waals surface area contributed by atoms with Crippen LogP contribution in [-0.4, -0.2) is 21.4 Å². The van der Waals surface area contributed by atoms with E-state index in [4.69, 9.17) is 0 Å². The number of aryl methyl sites for hydroxylation is 1. The van der Waals surface area contributed by atoms with Crippen molar-refractivity contribution in [3.05, 3.63) is 76.2 Å². The predicted molar refractivity (Wildman–Crippen MR) is 105 cm³/mol. The van der Waals surface area contributed by atoms with Crippen molar-refractivity contribution in [1.82, 2.24) is 0 Å². The number of amides is 1. The number of hydrogen-bond donors (Lipinski definition) is 1. The van der Waals surface area contributed by atoms with E-state index in [-0.39, 0.29) is 9.77 Å². The van der Waals surface area contributed by atoms with Crippen LogP contribution in [0.1, 0.15) is 15.2 Å². The summed E-state index contributed by atoms with van der Waals surface area (Å²) in [5, 5.41) is 4.27. The number of carbonyl (C=O) groups is 1. The van der Waals surface area contributed by atoms with Crippen LogP contribution in [0.15, 0.2) is 64.9 Å². The van der Waals surface area contributed by atoms with Gasteiger partial charge in [0.2, 0.25) is 0 Å². The molecule has 0 aliphatic heterocycles. The predicted octanol–water partition coefficient (Wildman–Crippen LogP) is 4.27. The third-order valence-electron chi connectivity index (χ3n) is 3.94. The van der Waals surface area contributed by atoms with E-state index in [0.29, 0.717) is 11.4 Å². The van der Waals surface area contributed by atoms with Crippen LogP contribution < -0.4 is 9.62 Å². The van der Waals surface area contributed by atoms with Gasteiger partial charge in [-0.25, -0.2) is 12.8 Å². The lowest BCUT2D eigenvalue weighted by Gasteiger charge is -2.19. The molecule has 3 rings (SSSR count). The lowest BCUT2D eigenvalue weighted by atomic mass is 10.2. The standard InChI is InChI=1S/C19H17FN2O3S2/c1-13-4-3-5-15(12-13)21-19(23)18-17(10-11-26-18)27(24,25)22(2)16-8-6-14(20)7-9-16/h3-12H,1-2H3,(H,21,23). The minimum absolute atomic E-state index is 0.0884. The van der Waals surface area contributed by atoms with E-state index in [2.05, 4.69) is 5.32 Å². The number of halogens is 1. The van der Waals surface area contributed by atoms with E-state index in [1.807, 2.05) is 13.0 Å². The topological polar surface area (TPSA) is 66.5 Å². The molecule has 140 valence electrons. The number of sulfonamides is 1. The molecule has 1 N–H and O–H groups in total. The second-order valence-corrected chi connectivity index (χ2v) is 8.74. The molecular weight excluding hydrogens is 387 g/mol. The van der Waals surface area contributed by atoms with Gasteiger partial charge in [0.25, 0.3) is 15.9 Å². The largest absolute Gasteiger partial charge is 0.321 e. The quantitative estimate of drug-likeness (QED) is 0.690. The molecular formula is C19H17FN2O3S2. The van der Waals surface area contributed by atoms with E-state index in [1.54, 1.807) is 23.6 Å². The zero-order chi connectivity index (χ0) is 19.6. The summed E-state index contributed by atoms with van der Waals surface area (Å²) in [6.07, 6.45) is 0. The molecule has 0 atom stereocenters. The van der Waals surface area contributed by atoms with Crippen molar-refractivity contribution < 1.29 is 17.6 Å². The van der Waals surface area contributed by atoms with Crippen molar-refractivity contribution >= 4 is 38.6 Å². The number of carbonyl (C=O) groups excluding carboxylic acids is 1. The van der Waals surface area contributed by atoms with Gasteiger partial charge in [0.15, 0.2) is 0 Å². The van der Waals surface area contributed by atoms with E-state index in [0.717, 1.165) is 21.2 Å². The second-order valence-electron chi connectivity index (χ2n) is 5.89. The van der Waals surface area contributed by atoms with Crippen LogP contribution in [0.2, 0.25) is 0 Å². The summed E-state index contributed by atoms with van der Waals surface area (Å²) in [5.41, 5.74) is 1.86. The van der Waals surface area contributed by atoms with Crippen molar-refractivity contribution in [3.63, 3.8) is 0 Å². The molecule has 0 aliphatic rings. The molecule has 0 bridgehead atoms. The molecule has 0 aliphatic carbocycles. The fourth-order valence-electron chi connectivity index (χ4n) is 2.51. The number of hydrogen-bond acceptors (Lipinski definition) is 4. The summed E-state index contributed by atoms with van der Waals surface area (Å²) in [6.45, 7) is 1.90. The van der Waals surface area contributed by atoms with E-state index >= 15 is 0 Å². The van der Waals surface area contributed by atoms with Gasteiger partial charge in [-0.05, 0) is 60.3 Å². The van der Waals surface area contributed by atoms with Gasteiger partial charge in [-0.1, -0.05) is 12.1 Å². The first-order chi connectivity index (χ1) is 12.8. The molecule has 2 aromatic carbocycles. The van der Waals surface area contributed by atoms with Gasteiger partial charge < -0.3 is 5.32 Å². The van der Waals surface area contributed by atoms with E-state index < -0.39 is 21.7 Å². The number of anilines is 2. The zero-order valence-corrected chi connectivity index (χ0v) is 16.3. The van der Waals surface area contributed by atoms with Crippen molar-refractivity contribution in [2.75, 3.05) is 16.7 Å². The minimum atomic E-state index is -3.98. The molecule has 0 radical (unpaired) electrons. The van der Waals surface area contributed by atoms with Gasteiger partial charge in [-0.3, -0.25) is 9.10 Å². The number of thiophene rings is 1. The first-order valence-corrected chi connectivity index (χ1v) is 10.3. The zero-order valence-electron chi connectivity index (χ0n) is 14.6. The normalized spacial score (nSPS) is 11.2. The Balaban J connectivity index is 1.90. The number of rotatable bonds is 5. The summed E-state index contributed by atoms with van der Waals surface area (Å²) in [4.78, 5) is 12.6. The third-order valence-corrected chi connectivity index (χ3v) is 6.81. The Morgan fingerprint density at radius 1 is 1.11 bits per heavy atom. The lowest BCUT2D eigenvalue weighted by Crippen LogP contribution is -2.28. The highest BCUT2D eigenvalue weighted by Crippen LogP contribution is 2.28. The number of benzene rings is 2. The van der Waals surface area contributed by atoms with Crippen molar-refractivity contribution in [3.8, 4) is 0 Å². The molecule has 5 nitrogen and oxygen atoms in total. The van der Waals surface area contributed by atoms with Gasteiger partial charge in [0.05, 0.1) is 5.69 Å². The summed E-state index contributed by atoms with van der Waals surface area (Å²) in [7, 11) is -2.61. The molecule has 3 aromatic rings. The Kier molecular flexibility index (Phi) is 5.29. The van der Waals surface area contributed by atoms with Crippen LogP contribution in [-0.2, 0) is 10.0 Å². The Hall–Kier alpha value is -2.71. The summed E-state index contributed by atoms with van der Waals surface area (Å²) >= 11 is 1.05. The monoisotopic (exact) mass is 404 g/mol. The highest BCUT2D eigenvalue weighted by molar-refractivity contribution is 7.93. The number of nitrogens with zero attached hydrogens (tertiary/aromatic N) is 1. The van der Waals surface area contributed by atoms with Crippen molar-refractivity contribution in [1.29, 1.82) is 0 Å². The molecule has 1 amide bonds. The molecule has 8 heteroatoms. The summed E-state index contributed by atoms with van der Waals surface area (Å²) < 4.78 is 40.1. The van der Waals surface area contributed by atoms with Crippen LogP contribution in [0.3, 0.4) is 0 Å². The van der Waals surface area contributed by atoms with Crippen LogP contribution in [0, 0.1) is 12.7 Å². The first kappa shape index (κ1) is 19.1. The van der Waals surface area contributed by atoms with Gasteiger partial charge in [0, 0.05) is 12.7 Å². The van der Waals surface area contributed by atoms with Crippen LogP contribution in [0.25, 0.3) is 0 Å². The molecule has 0 fully saturated rings. The Bertz CT molecular complexity index is 1080. The minimum Gasteiger partial charge on any atom is -0.321 e. The average Bonchev–Trinajstić information content (AvgIpc) is 3.12. The van der Waals surface area contributed by atoms with E-state index in [1.165, 1.54) is 37.4 Å². The second kappa shape index (κ2) is 7.50. The molecule has 0 saturated carbocycles. The van der Waals surface area contributed by atoms with Crippen LogP contribution in [0.4, 0.5) is 15.8 Å². The molecule has 0 unspecified atom stereocenters. The van der Waals surface area contributed by atoms with Crippen LogP contribution >= 0.6 is 11.3 Å². The van der Waals surface area contributed by atoms with Crippen molar-refractivity contribution in [2.24, 2.45) is 0 Å². The summed E-state index contributed by atoms with van der Waals surface area (Å²) in [5.74, 6) is -0.958. The van der Waals surface area contributed by atoms with Gasteiger partial charge in [-0.15, -0.1) is 11.3 Å². The molecule has 1 heterocycles. The van der Waals surface area contributed by atoms with Gasteiger partial charge >= 0.3 is 0 Å².